The first-order valence-electron chi connectivity index (χ1n) is 6.49. The van der Waals surface area contributed by atoms with Crippen LogP contribution in [-0.2, 0) is 9.84 Å². The molecule has 0 radical (unpaired) electrons. The smallest absolute Gasteiger partial charge is 0.147 e. The summed E-state index contributed by atoms with van der Waals surface area (Å²) in [6.45, 7) is 5.39. The Labute approximate surface area is 106 Å². The zero-order valence-electron chi connectivity index (χ0n) is 11.3. The predicted molar refractivity (Wildman–Crippen MR) is 72.0 cm³/mol. The third-order valence-electron chi connectivity index (χ3n) is 3.78. The van der Waals surface area contributed by atoms with Gasteiger partial charge >= 0.3 is 0 Å². The second kappa shape index (κ2) is 6.71. The van der Waals surface area contributed by atoms with E-state index in [-0.39, 0.29) is 0 Å². The fraction of sp³-hybridized carbons (Fsp3) is 1.00. The summed E-state index contributed by atoms with van der Waals surface area (Å²) < 4.78 is 22.1. The van der Waals surface area contributed by atoms with Gasteiger partial charge in [-0.15, -0.1) is 0 Å². The fourth-order valence-electron chi connectivity index (χ4n) is 2.46. The highest BCUT2D eigenvalue weighted by Gasteiger charge is 2.22. The van der Waals surface area contributed by atoms with Crippen LogP contribution in [0.2, 0.25) is 0 Å². The zero-order chi connectivity index (χ0) is 12.9. The van der Waals surface area contributed by atoms with Crippen LogP contribution in [0.3, 0.4) is 0 Å². The molecular weight excluding hydrogens is 236 g/mol. The molecule has 4 nitrogen and oxygen atoms in total. The maximum Gasteiger partial charge on any atom is 0.147 e. The Kier molecular flexibility index (Phi) is 5.89. The Morgan fingerprint density at radius 3 is 2.41 bits per heavy atom. The fourth-order valence-corrected chi connectivity index (χ4v) is 3.12. The third-order valence-corrected chi connectivity index (χ3v) is 4.81. The number of rotatable bonds is 6. The van der Waals surface area contributed by atoms with Gasteiger partial charge in [0.15, 0.2) is 0 Å². The van der Waals surface area contributed by atoms with Gasteiger partial charge in [0.25, 0.3) is 0 Å². The molecule has 1 aliphatic heterocycles. The largest absolute Gasteiger partial charge is 0.317 e. The van der Waals surface area contributed by atoms with Crippen LogP contribution in [0.4, 0.5) is 0 Å². The van der Waals surface area contributed by atoms with Gasteiger partial charge in [0, 0.05) is 12.3 Å². The molecule has 1 heterocycles. The molecule has 1 saturated heterocycles. The summed E-state index contributed by atoms with van der Waals surface area (Å²) >= 11 is 0. The van der Waals surface area contributed by atoms with Gasteiger partial charge in [-0.1, -0.05) is 0 Å². The molecule has 102 valence electrons. The van der Waals surface area contributed by atoms with Gasteiger partial charge < -0.3 is 10.2 Å². The lowest BCUT2D eigenvalue weighted by Gasteiger charge is -2.34. The van der Waals surface area contributed by atoms with Gasteiger partial charge in [0.05, 0.1) is 5.75 Å². The number of nitrogens with zero attached hydrogens (tertiary/aromatic N) is 1. The minimum Gasteiger partial charge on any atom is -0.317 e. The number of nitrogens with one attached hydrogen (secondary N) is 1. The van der Waals surface area contributed by atoms with Crippen LogP contribution in [0.5, 0.6) is 0 Å². The molecule has 1 atom stereocenters. The number of likely N-dealkylation sites (tertiary alicyclic amines) is 1. The van der Waals surface area contributed by atoms with E-state index in [4.69, 9.17) is 0 Å². The molecule has 1 fully saturated rings. The Bertz CT molecular complexity index is 308. The topological polar surface area (TPSA) is 49.4 Å². The minimum absolute atomic E-state index is 0.319. The van der Waals surface area contributed by atoms with Crippen LogP contribution in [0, 0.1) is 5.92 Å². The Morgan fingerprint density at radius 2 is 1.94 bits per heavy atom. The van der Waals surface area contributed by atoms with Crippen molar-refractivity contribution in [2.24, 2.45) is 5.92 Å². The first-order chi connectivity index (χ1) is 7.92. The predicted octanol–water partition coefficient (Wildman–Crippen LogP) is 0.741. The van der Waals surface area contributed by atoms with Crippen molar-refractivity contribution in [3.63, 3.8) is 0 Å². The van der Waals surface area contributed by atoms with E-state index >= 15 is 0 Å². The van der Waals surface area contributed by atoms with E-state index in [1.807, 2.05) is 7.05 Å². The molecule has 0 bridgehead atoms. The van der Waals surface area contributed by atoms with E-state index in [0.29, 0.717) is 11.8 Å². The van der Waals surface area contributed by atoms with Crippen LogP contribution in [0.15, 0.2) is 0 Å². The van der Waals surface area contributed by atoms with Crippen LogP contribution in [0.1, 0.15) is 26.2 Å². The Hall–Kier alpha value is -0.130. The zero-order valence-corrected chi connectivity index (χ0v) is 12.1. The lowest BCUT2D eigenvalue weighted by molar-refractivity contribution is 0.165. The molecule has 0 amide bonds. The summed E-state index contributed by atoms with van der Waals surface area (Å²) in [5.41, 5.74) is 0. The third kappa shape index (κ3) is 5.84. The summed E-state index contributed by atoms with van der Waals surface area (Å²) in [6, 6.07) is 0.591. The van der Waals surface area contributed by atoms with Crippen molar-refractivity contribution in [2.75, 3.05) is 38.7 Å². The molecule has 0 aromatic heterocycles. The molecule has 1 aliphatic rings. The van der Waals surface area contributed by atoms with E-state index in [0.717, 1.165) is 32.0 Å². The molecule has 0 spiro atoms. The SMILES string of the molecule is CNC(C)C1CCN(CCCS(C)(=O)=O)CC1. The van der Waals surface area contributed by atoms with Crippen LogP contribution in [0.25, 0.3) is 0 Å². The van der Waals surface area contributed by atoms with E-state index in [1.165, 1.54) is 19.1 Å². The van der Waals surface area contributed by atoms with Crippen molar-refractivity contribution >= 4 is 9.84 Å². The summed E-state index contributed by atoms with van der Waals surface area (Å²) in [6.07, 6.45) is 4.53. The van der Waals surface area contributed by atoms with Crippen molar-refractivity contribution < 1.29 is 8.42 Å². The second-order valence-electron chi connectivity index (χ2n) is 5.24. The number of piperidine rings is 1. The van der Waals surface area contributed by atoms with E-state index in [1.54, 1.807) is 0 Å². The average Bonchev–Trinajstić information content (AvgIpc) is 2.27. The van der Waals surface area contributed by atoms with Crippen LogP contribution >= 0.6 is 0 Å². The molecular formula is C12H26N2O2S. The van der Waals surface area contributed by atoms with Gasteiger partial charge in [-0.25, -0.2) is 8.42 Å². The second-order valence-corrected chi connectivity index (χ2v) is 7.50. The molecule has 0 saturated carbocycles. The van der Waals surface area contributed by atoms with Crippen molar-refractivity contribution in [3.05, 3.63) is 0 Å². The lowest BCUT2D eigenvalue weighted by Crippen LogP contribution is -2.41. The standard InChI is InChI=1S/C12H26N2O2S/c1-11(13-2)12-5-8-14(9-6-12)7-4-10-17(3,15)16/h11-13H,4-10H2,1-3H3. The van der Waals surface area contributed by atoms with Crippen molar-refractivity contribution in [1.29, 1.82) is 0 Å². The van der Waals surface area contributed by atoms with Gasteiger partial charge in [0.2, 0.25) is 0 Å². The molecule has 5 heteroatoms. The van der Waals surface area contributed by atoms with Crippen molar-refractivity contribution in [1.82, 2.24) is 10.2 Å². The molecule has 1 N–H and O–H groups in total. The monoisotopic (exact) mass is 262 g/mol. The molecule has 1 unspecified atom stereocenters. The van der Waals surface area contributed by atoms with E-state index < -0.39 is 9.84 Å². The van der Waals surface area contributed by atoms with Gasteiger partial charge in [0.1, 0.15) is 9.84 Å². The summed E-state index contributed by atoms with van der Waals surface area (Å²) in [7, 11) is -0.773. The van der Waals surface area contributed by atoms with E-state index in [2.05, 4.69) is 17.1 Å². The molecule has 0 aromatic carbocycles. The normalized spacial score (nSPS) is 21.6. The maximum absolute atomic E-state index is 11.0. The highest BCUT2D eigenvalue weighted by atomic mass is 32.2. The Morgan fingerprint density at radius 1 is 1.35 bits per heavy atom. The van der Waals surface area contributed by atoms with Gasteiger partial charge in [-0.3, -0.25) is 0 Å². The molecule has 0 aliphatic carbocycles. The van der Waals surface area contributed by atoms with Crippen molar-refractivity contribution in [3.8, 4) is 0 Å². The average molecular weight is 262 g/mol. The maximum atomic E-state index is 11.0. The van der Waals surface area contributed by atoms with Gasteiger partial charge in [-0.2, -0.15) is 0 Å². The minimum atomic E-state index is -2.79. The molecule has 0 aromatic rings. The van der Waals surface area contributed by atoms with E-state index in [9.17, 15) is 8.42 Å². The van der Waals surface area contributed by atoms with Crippen LogP contribution < -0.4 is 5.32 Å². The summed E-state index contributed by atoms with van der Waals surface area (Å²) in [4.78, 5) is 2.39. The number of sulfone groups is 1. The Balaban J connectivity index is 2.19. The van der Waals surface area contributed by atoms with Gasteiger partial charge in [-0.05, 0) is 58.8 Å². The molecule has 17 heavy (non-hydrogen) atoms. The first kappa shape index (κ1) is 14.9. The molecule has 1 rings (SSSR count). The lowest BCUT2D eigenvalue weighted by atomic mass is 9.90. The highest BCUT2D eigenvalue weighted by molar-refractivity contribution is 7.90. The quantitative estimate of drug-likeness (QED) is 0.767. The number of hydrogen-bond acceptors (Lipinski definition) is 4. The summed E-state index contributed by atoms with van der Waals surface area (Å²) in [5.74, 6) is 1.09. The van der Waals surface area contributed by atoms with Crippen LogP contribution in [-0.4, -0.2) is 58.1 Å². The highest BCUT2D eigenvalue weighted by Crippen LogP contribution is 2.20. The number of hydrogen-bond donors (Lipinski definition) is 1. The van der Waals surface area contributed by atoms with Crippen molar-refractivity contribution in [2.45, 2.75) is 32.2 Å². The first-order valence-corrected chi connectivity index (χ1v) is 8.56. The summed E-state index contributed by atoms with van der Waals surface area (Å²) in [5, 5.41) is 3.31.